The van der Waals surface area contributed by atoms with Crippen LogP contribution in [0.25, 0.3) is 0 Å². The van der Waals surface area contributed by atoms with Crippen molar-refractivity contribution in [3.05, 3.63) is 70.8 Å². The lowest BCUT2D eigenvalue weighted by molar-refractivity contribution is -0.130. The molecule has 6 nitrogen and oxygen atoms in total. The summed E-state index contributed by atoms with van der Waals surface area (Å²) in [5.74, 6) is -1.39. The average molecular weight is 324 g/mol. The van der Waals surface area contributed by atoms with Crippen molar-refractivity contribution < 1.29 is 19.1 Å². The maximum atomic E-state index is 12.3. The minimum absolute atomic E-state index is 0.218. The van der Waals surface area contributed by atoms with Crippen LogP contribution < -0.4 is 11.1 Å². The summed E-state index contributed by atoms with van der Waals surface area (Å²) in [6.07, 6.45) is -0.513. The van der Waals surface area contributed by atoms with Gasteiger partial charge in [-0.1, -0.05) is 30.3 Å². The molecule has 0 fully saturated rings. The van der Waals surface area contributed by atoms with E-state index in [0.29, 0.717) is 17.5 Å². The zero-order valence-electron chi connectivity index (χ0n) is 12.8. The first-order chi connectivity index (χ1) is 11.5. The first kappa shape index (κ1) is 15.7. The number of cyclic esters (lactones) is 1. The summed E-state index contributed by atoms with van der Waals surface area (Å²) >= 11 is 0. The molecule has 0 bridgehead atoms. The summed E-state index contributed by atoms with van der Waals surface area (Å²) in [5.41, 5.74) is 7.64. The van der Waals surface area contributed by atoms with E-state index in [-0.39, 0.29) is 12.5 Å². The molecular formula is C18H16N2O4. The molecule has 1 unspecified atom stereocenters. The van der Waals surface area contributed by atoms with Gasteiger partial charge in [-0.2, -0.15) is 0 Å². The number of fused-ring (bicyclic) bond motifs is 1. The quantitative estimate of drug-likeness (QED) is 0.825. The largest absolute Gasteiger partial charge is 0.448 e. The van der Waals surface area contributed by atoms with Gasteiger partial charge in [0.1, 0.15) is 0 Å². The van der Waals surface area contributed by atoms with Crippen molar-refractivity contribution in [2.24, 2.45) is 5.73 Å². The average Bonchev–Trinajstić information content (AvgIpc) is 2.60. The van der Waals surface area contributed by atoms with Crippen molar-refractivity contribution in [3.8, 4) is 0 Å². The van der Waals surface area contributed by atoms with Gasteiger partial charge in [0.25, 0.3) is 5.91 Å². The lowest BCUT2D eigenvalue weighted by Crippen LogP contribution is -2.41. The number of nitrogens with one attached hydrogen (secondary N) is 1. The number of amides is 2. The Morgan fingerprint density at radius 1 is 1.17 bits per heavy atom. The standard InChI is InChI=1S/C18H16N2O4/c19-16(21)13-6-3-4-11(8-13)10-20-17(22)15-9-12-5-1-2-7-14(12)18(23)24-15/h1-8,15H,9-10H2,(H2,19,21)(H,20,22). The Labute approximate surface area is 138 Å². The normalized spacial score (nSPS) is 16.0. The number of esters is 1. The molecule has 2 aromatic rings. The van der Waals surface area contributed by atoms with E-state index < -0.39 is 18.0 Å². The highest BCUT2D eigenvalue weighted by molar-refractivity contribution is 5.96. The minimum atomic E-state index is -0.855. The van der Waals surface area contributed by atoms with Gasteiger partial charge in [0.05, 0.1) is 5.56 Å². The molecule has 3 rings (SSSR count). The highest BCUT2D eigenvalue weighted by Crippen LogP contribution is 2.20. The van der Waals surface area contributed by atoms with Crippen LogP contribution >= 0.6 is 0 Å². The summed E-state index contributed by atoms with van der Waals surface area (Å²) in [4.78, 5) is 35.4. The van der Waals surface area contributed by atoms with E-state index in [1.807, 2.05) is 12.1 Å². The second-order valence-electron chi connectivity index (χ2n) is 5.54. The van der Waals surface area contributed by atoms with Gasteiger partial charge >= 0.3 is 5.97 Å². The summed E-state index contributed by atoms with van der Waals surface area (Å²) in [6.45, 7) is 0.218. The molecule has 6 heteroatoms. The maximum absolute atomic E-state index is 12.3. The zero-order valence-corrected chi connectivity index (χ0v) is 12.8. The van der Waals surface area contributed by atoms with E-state index in [2.05, 4.69) is 5.32 Å². The molecule has 1 heterocycles. The number of ether oxygens (including phenoxy) is 1. The van der Waals surface area contributed by atoms with Crippen LogP contribution in [0.15, 0.2) is 48.5 Å². The van der Waals surface area contributed by atoms with E-state index in [1.165, 1.54) is 0 Å². The smallest absolute Gasteiger partial charge is 0.339 e. The van der Waals surface area contributed by atoms with Crippen LogP contribution in [0.2, 0.25) is 0 Å². The van der Waals surface area contributed by atoms with Crippen LogP contribution in [0.3, 0.4) is 0 Å². The number of carbonyl (C=O) groups excluding carboxylic acids is 3. The Hall–Kier alpha value is -3.15. The molecule has 0 radical (unpaired) electrons. The van der Waals surface area contributed by atoms with Crippen molar-refractivity contribution >= 4 is 17.8 Å². The molecule has 1 aliphatic heterocycles. The third-order valence-electron chi connectivity index (χ3n) is 3.86. The van der Waals surface area contributed by atoms with Crippen molar-refractivity contribution in [2.75, 3.05) is 0 Å². The Morgan fingerprint density at radius 2 is 1.96 bits per heavy atom. The molecule has 0 saturated carbocycles. The lowest BCUT2D eigenvalue weighted by Gasteiger charge is -2.23. The van der Waals surface area contributed by atoms with Gasteiger partial charge in [-0.3, -0.25) is 9.59 Å². The Morgan fingerprint density at radius 3 is 2.75 bits per heavy atom. The van der Waals surface area contributed by atoms with E-state index in [0.717, 1.165) is 11.1 Å². The molecule has 3 N–H and O–H groups in total. The second-order valence-corrected chi connectivity index (χ2v) is 5.54. The molecule has 0 aliphatic carbocycles. The Bertz CT molecular complexity index is 816. The van der Waals surface area contributed by atoms with E-state index >= 15 is 0 Å². The van der Waals surface area contributed by atoms with Crippen LogP contribution in [0.5, 0.6) is 0 Å². The molecule has 122 valence electrons. The van der Waals surface area contributed by atoms with Crippen molar-refractivity contribution in [1.82, 2.24) is 5.32 Å². The molecule has 0 spiro atoms. The van der Waals surface area contributed by atoms with Crippen molar-refractivity contribution in [3.63, 3.8) is 0 Å². The summed E-state index contributed by atoms with van der Waals surface area (Å²) in [6, 6.07) is 13.8. The van der Waals surface area contributed by atoms with Crippen molar-refractivity contribution in [2.45, 2.75) is 19.1 Å². The second kappa shape index (κ2) is 6.54. The Kier molecular flexibility index (Phi) is 4.29. The van der Waals surface area contributed by atoms with Gasteiger partial charge in [-0.15, -0.1) is 0 Å². The Balaban J connectivity index is 1.65. The number of benzene rings is 2. The SMILES string of the molecule is NC(=O)c1cccc(CNC(=O)C2Cc3ccccc3C(=O)O2)c1. The first-order valence-corrected chi connectivity index (χ1v) is 7.50. The highest BCUT2D eigenvalue weighted by atomic mass is 16.5. The fourth-order valence-corrected chi connectivity index (χ4v) is 2.62. The predicted molar refractivity (Wildman–Crippen MR) is 86.2 cm³/mol. The fraction of sp³-hybridized carbons (Fsp3) is 0.167. The third kappa shape index (κ3) is 3.27. The molecule has 2 aromatic carbocycles. The molecule has 0 saturated heterocycles. The minimum Gasteiger partial charge on any atom is -0.448 e. The number of nitrogens with two attached hydrogens (primary N) is 1. The topological polar surface area (TPSA) is 98.5 Å². The van der Waals surface area contributed by atoms with Crippen LogP contribution in [0.1, 0.15) is 31.8 Å². The summed E-state index contributed by atoms with van der Waals surface area (Å²) < 4.78 is 5.20. The number of hydrogen-bond donors (Lipinski definition) is 2. The molecule has 2 amide bonds. The first-order valence-electron chi connectivity index (χ1n) is 7.50. The number of primary amides is 1. The monoisotopic (exact) mass is 324 g/mol. The van der Waals surface area contributed by atoms with Gasteiger partial charge in [-0.25, -0.2) is 4.79 Å². The summed E-state index contributed by atoms with van der Waals surface area (Å²) in [7, 11) is 0. The number of rotatable bonds is 4. The number of hydrogen-bond acceptors (Lipinski definition) is 4. The molecule has 0 aromatic heterocycles. The van der Waals surface area contributed by atoms with Gasteiger partial charge < -0.3 is 15.8 Å². The molecule has 1 atom stereocenters. The van der Waals surface area contributed by atoms with Crippen LogP contribution in [0.4, 0.5) is 0 Å². The van der Waals surface area contributed by atoms with E-state index in [1.54, 1.807) is 36.4 Å². The lowest BCUT2D eigenvalue weighted by atomic mass is 9.98. The third-order valence-corrected chi connectivity index (χ3v) is 3.86. The zero-order chi connectivity index (χ0) is 17.1. The maximum Gasteiger partial charge on any atom is 0.339 e. The van der Waals surface area contributed by atoms with Crippen LogP contribution in [0, 0.1) is 0 Å². The van der Waals surface area contributed by atoms with Crippen molar-refractivity contribution in [1.29, 1.82) is 0 Å². The van der Waals surface area contributed by atoms with Gasteiger partial charge in [-0.05, 0) is 29.3 Å². The van der Waals surface area contributed by atoms with Crippen LogP contribution in [-0.4, -0.2) is 23.9 Å². The van der Waals surface area contributed by atoms with Gasteiger partial charge in [0.2, 0.25) is 5.91 Å². The molecule has 24 heavy (non-hydrogen) atoms. The predicted octanol–water partition coefficient (Wildman–Crippen LogP) is 1.18. The van der Waals surface area contributed by atoms with E-state index in [9.17, 15) is 14.4 Å². The van der Waals surface area contributed by atoms with E-state index in [4.69, 9.17) is 10.5 Å². The summed E-state index contributed by atoms with van der Waals surface area (Å²) in [5, 5.41) is 2.72. The van der Waals surface area contributed by atoms with Gasteiger partial charge in [0, 0.05) is 18.5 Å². The molecular weight excluding hydrogens is 308 g/mol. The molecule has 1 aliphatic rings. The fourth-order valence-electron chi connectivity index (χ4n) is 2.62. The van der Waals surface area contributed by atoms with Gasteiger partial charge in [0.15, 0.2) is 6.10 Å². The highest BCUT2D eigenvalue weighted by Gasteiger charge is 2.30. The van der Waals surface area contributed by atoms with Crippen LogP contribution in [-0.2, 0) is 22.5 Å². The number of carbonyl (C=O) groups is 3.